The van der Waals surface area contributed by atoms with Gasteiger partial charge in [-0.1, -0.05) is 0 Å². The smallest absolute Gasteiger partial charge is 0.256 e. The van der Waals surface area contributed by atoms with Crippen LogP contribution in [0.25, 0.3) is 5.65 Å². The molecule has 35 heavy (non-hydrogen) atoms. The van der Waals surface area contributed by atoms with Gasteiger partial charge >= 0.3 is 0 Å². The van der Waals surface area contributed by atoms with Crippen molar-refractivity contribution >= 4 is 27.4 Å². The molecule has 2 aromatic heterocycles. The van der Waals surface area contributed by atoms with Crippen LogP contribution in [0, 0.1) is 11.6 Å². The molecule has 9 nitrogen and oxygen atoms in total. The van der Waals surface area contributed by atoms with Crippen LogP contribution in [0.1, 0.15) is 47.6 Å². The molecule has 3 aromatic rings. The molecule has 0 bridgehead atoms. The van der Waals surface area contributed by atoms with Crippen LogP contribution in [0.15, 0.2) is 36.7 Å². The molecular formula is C23H26F2N6O3S. The van der Waals surface area contributed by atoms with Crippen LogP contribution in [0.3, 0.4) is 0 Å². The summed E-state index contributed by atoms with van der Waals surface area (Å²) in [4.78, 5) is 19.6. The number of amides is 1. The molecule has 2 aliphatic rings. The number of sulfonamides is 1. The molecule has 186 valence electrons. The number of hydrogen-bond acceptors (Lipinski definition) is 6. The fraction of sp³-hybridized carbons (Fsp3) is 0.435. The van der Waals surface area contributed by atoms with Gasteiger partial charge in [0.15, 0.2) is 5.65 Å². The summed E-state index contributed by atoms with van der Waals surface area (Å²) in [7, 11) is -3.24. The number of piperidine rings is 1. The SMILES string of the molecule is CS(=O)(=O)N1CCC(NC(=O)c2cnn3ccc(N4CCCC4c4cc(F)ccc4F)nc23)CC1. The molecular weight excluding hydrogens is 478 g/mol. The predicted octanol–water partition coefficient (Wildman–Crippen LogP) is 2.50. The molecule has 4 heterocycles. The van der Waals surface area contributed by atoms with E-state index >= 15 is 0 Å². The van der Waals surface area contributed by atoms with Gasteiger partial charge in [0.1, 0.15) is 23.0 Å². The lowest BCUT2D eigenvalue weighted by molar-refractivity contribution is 0.0925. The quantitative estimate of drug-likeness (QED) is 0.573. The lowest BCUT2D eigenvalue weighted by atomic mass is 10.0. The van der Waals surface area contributed by atoms with E-state index in [0.29, 0.717) is 55.9 Å². The number of rotatable bonds is 5. The van der Waals surface area contributed by atoms with Gasteiger partial charge in [0.25, 0.3) is 5.91 Å². The van der Waals surface area contributed by atoms with Gasteiger partial charge in [-0.3, -0.25) is 4.79 Å². The van der Waals surface area contributed by atoms with E-state index in [9.17, 15) is 22.0 Å². The predicted molar refractivity (Wildman–Crippen MR) is 126 cm³/mol. The largest absolute Gasteiger partial charge is 0.349 e. The Kier molecular flexibility index (Phi) is 6.18. The normalized spacial score (nSPS) is 20.0. The third-order valence-corrected chi connectivity index (χ3v) is 8.02. The first-order valence-electron chi connectivity index (χ1n) is 11.5. The van der Waals surface area contributed by atoms with Crippen LogP contribution < -0.4 is 10.2 Å². The molecule has 0 aliphatic carbocycles. The van der Waals surface area contributed by atoms with Crippen LogP contribution in [0.2, 0.25) is 0 Å². The Hall–Kier alpha value is -3.12. The fourth-order valence-corrected chi connectivity index (χ4v) is 5.78. The Morgan fingerprint density at radius 2 is 1.89 bits per heavy atom. The van der Waals surface area contributed by atoms with E-state index in [1.165, 1.54) is 27.3 Å². The molecule has 12 heteroatoms. The van der Waals surface area contributed by atoms with E-state index in [4.69, 9.17) is 0 Å². The second-order valence-corrected chi connectivity index (χ2v) is 11.0. The van der Waals surface area contributed by atoms with Gasteiger partial charge in [0, 0.05) is 37.4 Å². The van der Waals surface area contributed by atoms with Gasteiger partial charge in [-0.05, 0) is 49.9 Å². The number of nitrogens with one attached hydrogen (secondary N) is 1. The molecule has 5 rings (SSSR count). The van der Waals surface area contributed by atoms with Crippen LogP contribution in [0.5, 0.6) is 0 Å². The maximum absolute atomic E-state index is 14.5. The molecule has 0 spiro atoms. The zero-order chi connectivity index (χ0) is 24.7. The van der Waals surface area contributed by atoms with Crippen LogP contribution in [-0.2, 0) is 10.0 Å². The maximum Gasteiger partial charge on any atom is 0.256 e. The molecule has 2 saturated heterocycles. The summed E-state index contributed by atoms with van der Waals surface area (Å²) in [5.74, 6) is -0.735. The summed E-state index contributed by atoms with van der Waals surface area (Å²) < 4.78 is 54.6. The highest BCUT2D eigenvalue weighted by molar-refractivity contribution is 7.88. The Labute approximate surface area is 201 Å². The fourth-order valence-electron chi connectivity index (χ4n) is 4.91. The van der Waals surface area contributed by atoms with Gasteiger partial charge in [-0.25, -0.2) is 31.0 Å². The topological polar surface area (TPSA) is 99.9 Å². The molecule has 2 fully saturated rings. The van der Waals surface area contributed by atoms with E-state index in [-0.39, 0.29) is 23.6 Å². The number of aromatic nitrogens is 3. The Morgan fingerprint density at radius 1 is 1.11 bits per heavy atom. The van der Waals surface area contributed by atoms with E-state index in [1.807, 2.05) is 4.90 Å². The number of hydrogen-bond donors (Lipinski definition) is 1. The second kappa shape index (κ2) is 9.15. The molecule has 0 saturated carbocycles. The van der Waals surface area contributed by atoms with Gasteiger partial charge in [-0.15, -0.1) is 0 Å². The number of fused-ring (bicyclic) bond motifs is 1. The van der Waals surface area contributed by atoms with Gasteiger partial charge in [0.05, 0.1) is 18.5 Å². The standard InChI is InChI=1S/C23H26F2N6O3S/c1-35(33,34)29-10-6-16(7-11-29)27-23(32)18-14-26-31-12-8-21(28-22(18)31)30-9-2-3-20(30)17-13-15(24)4-5-19(17)25/h4-5,8,12-14,16,20H,2-3,6-7,9-11H2,1H3,(H,27,32). The highest BCUT2D eigenvalue weighted by Gasteiger charge is 2.31. The van der Waals surface area contributed by atoms with Gasteiger partial charge in [-0.2, -0.15) is 5.10 Å². The summed E-state index contributed by atoms with van der Waals surface area (Å²) in [5, 5.41) is 7.19. The minimum Gasteiger partial charge on any atom is -0.349 e. The molecule has 1 aromatic carbocycles. The summed E-state index contributed by atoms with van der Waals surface area (Å²) >= 11 is 0. The number of carbonyl (C=O) groups is 1. The van der Waals surface area contributed by atoms with Crippen molar-refractivity contribution in [3.05, 3.63) is 59.4 Å². The summed E-state index contributed by atoms with van der Waals surface area (Å²) in [6.07, 6.45) is 6.81. The Morgan fingerprint density at radius 3 is 2.63 bits per heavy atom. The molecule has 1 N–H and O–H groups in total. The first-order chi connectivity index (χ1) is 16.7. The van der Waals surface area contributed by atoms with Crippen molar-refractivity contribution in [1.29, 1.82) is 0 Å². The van der Waals surface area contributed by atoms with Crippen molar-refractivity contribution in [3.63, 3.8) is 0 Å². The maximum atomic E-state index is 14.5. The number of anilines is 1. The number of benzene rings is 1. The highest BCUT2D eigenvalue weighted by atomic mass is 32.2. The second-order valence-electron chi connectivity index (χ2n) is 9.04. The van der Waals surface area contributed by atoms with Crippen molar-refractivity contribution in [2.45, 2.75) is 37.8 Å². The summed E-state index contributed by atoms with van der Waals surface area (Å²) in [5.41, 5.74) is 0.945. The van der Waals surface area contributed by atoms with Crippen LogP contribution >= 0.6 is 0 Å². The van der Waals surface area contributed by atoms with Crippen molar-refractivity contribution in [3.8, 4) is 0 Å². The lowest BCUT2D eigenvalue weighted by Crippen LogP contribution is -2.46. The molecule has 1 unspecified atom stereocenters. The average Bonchev–Trinajstić information content (AvgIpc) is 3.47. The van der Waals surface area contributed by atoms with Crippen molar-refractivity contribution in [2.24, 2.45) is 0 Å². The third-order valence-electron chi connectivity index (χ3n) is 6.72. The summed E-state index contributed by atoms with van der Waals surface area (Å²) in [6, 6.07) is 4.70. The van der Waals surface area contributed by atoms with Gasteiger partial charge < -0.3 is 10.2 Å². The summed E-state index contributed by atoms with van der Waals surface area (Å²) in [6.45, 7) is 1.33. The Balaban J connectivity index is 1.36. The third kappa shape index (κ3) is 4.72. The molecule has 0 radical (unpaired) electrons. The zero-order valence-corrected chi connectivity index (χ0v) is 20.0. The monoisotopic (exact) mass is 504 g/mol. The first kappa shape index (κ1) is 23.6. The number of nitrogens with zero attached hydrogens (tertiary/aromatic N) is 5. The van der Waals surface area contributed by atoms with Crippen molar-refractivity contribution in [1.82, 2.24) is 24.2 Å². The van der Waals surface area contributed by atoms with E-state index < -0.39 is 21.7 Å². The minimum absolute atomic E-state index is 0.155. The number of halogens is 2. The molecule has 2 aliphatic heterocycles. The van der Waals surface area contributed by atoms with Gasteiger partial charge in [0.2, 0.25) is 10.0 Å². The Bertz CT molecular complexity index is 1370. The van der Waals surface area contributed by atoms with E-state index in [0.717, 1.165) is 18.6 Å². The zero-order valence-electron chi connectivity index (χ0n) is 19.2. The average molecular weight is 505 g/mol. The van der Waals surface area contributed by atoms with Crippen molar-refractivity contribution < 1.29 is 22.0 Å². The van der Waals surface area contributed by atoms with E-state index in [2.05, 4.69) is 15.4 Å². The lowest BCUT2D eigenvalue weighted by Gasteiger charge is -2.30. The van der Waals surface area contributed by atoms with Crippen molar-refractivity contribution in [2.75, 3.05) is 30.8 Å². The molecule has 1 amide bonds. The molecule has 1 atom stereocenters. The van der Waals surface area contributed by atoms with Crippen LogP contribution in [0.4, 0.5) is 14.6 Å². The minimum atomic E-state index is -3.24. The van der Waals surface area contributed by atoms with E-state index in [1.54, 1.807) is 12.3 Å². The first-order valence-corrected chi connectivity index (χ1v) is 13.4. The van der Waals surface area contributed by atoms with Crippen LogP contribution in [-0.4, -0.2) is 65.2 Å². The number of carbonyl (C=O) groups excluding carboxylic acids is 1. The highest BCUT2D eigenvalue weighted by Crippen LogP contribution is 2.36.